The van der Waals surface area contributed by atoms with Crippen molar-refractivity contribution in [3.8, 4) is 5.75 Å². The van der Waals surface area contributed by atoms with E-state index in [1.807, 2.05) is 0 Å². The largest absolute Gasteiger partial charge is 0.501 e. The van der Waals surface area contributed by atoms with Crippen LogP contribution in [-0.2, 0) is 9.59 Å². The Kier molecular flexibility index (Phi) is 4.29. The lowest BCUT2D eigenvalue weighted by atomic mass is 10.2. The van der Waals surface area contributed by atoms with Crippen LogP contribution in [0.1, 0.15) is 0 Å². The van der Waals surface area contributed by atoms with Crippen molar-refractivity contribution >= 4 is 34.8 Å². The molecule has 0 spiro atoms. The third kappa shape index (κ3) is 2.85. The molecule has 1 aliphatic rings. The molecule has 0 aromatic heterocycles. The molecular weight excluding hydrogens is 318 g/mol. The van der Waals surface area contributed by atoms with Crippen LogP contribution in [0.4, 0.5) is 11.4 Å². The summed E-state index contributed by atoms with van der Waals surface area (Å²) >= 11 is 5.72. The standard InChI is InChI=1S/C12H10ClN3O6/c13-6-3-7(11(19)9(4-6)16(21)22)14-8-5-10(18)15(1-2-17)12(8)20/h3-5,14,17,19H,1-2H2. The van der Waals surface area contributed by atoms with Crippen molar-refractivity contribution in [1.82, 2.24) is 4.90 Å². The van der Waals surface area contributed by atoms with Crippen LogP contribution >= 0.6 is 11.6 Å². The van der Waals surface area contributed by atoms with Crippen LogP contribution in [0.3, 0.4) is 0 Å². The van der Waals surface area contributed by atoms with Gasteiger partial charge in [-0.3, -0.25) is 24.6 Å². The van der Waals surface area contributed by atoms with Gasteiger partial charge in [0.05, 0.1) is 23.8 Å². The van der Waals surface area contributed by atoms with E-state index in [1.165, 1.54) is 6.07 Å². The molecule has 10 heteroatoms. The average Bonchev–Trinajstić information content (AvgIpc) is 2.70. The topological polar surface area (TPSA) is 133 Å². The maximum absolute atomic E-state index is 11.9. The number of nitro benzene ring substituents is 1. The zero-order valence-corrected chi connectivity index (χ0v) is 11.7. The number of phenolic OH excluding ortho intramolecular Hbond substituents is 1. The highest BCUT2D eigenvalue weighted by atomic mass is 35.5. The van der Waals surface area contributed by atoms with Crippen LogP contribution in [0.5, 0.6) is 5.75 Å². The number of benzene rings is 1. The monoisotopic (exact) mass is 327 g/mol. The summed E-state index contributed by atoms with van der Waals surface area (Å²) in [6.07, 6.45) is 0.962. The molecule has 0 bridgehead atoms. The third-order valence-corrected chi connectivity index (χ3v) is 3.07. The highest BCUT2D eigenvalue weighted by Crippen LogP contribution is 2.38. The first-order valence-electron chi connectivity index (χ1n) is 5.97. The molecule has 0 saturated heterocycles. The number of nitrogens with zero attached hydrogens (tertiary/aromatic N) is 2. The predicted molar refractivity (Wildman–Crippen MR) is 75.3 cm³/mol. The number of aliphatic hydroxyl groups is 1. The van der Waals surface area contributed by atoms with Gasteiger partial charge in [-0.1, -0.05) is 11.6 Å². The number of aromatic hydroxyl groups is 1. The number of carbonyl (C=O) groups excluding carboxylic acids is 2. The van der Waals surface area contributed by atoms with E-state index >= 15 is 0 Å². The third-order valence-electron chi connectivity index (χ3n) is 2.85. The van der Waals surface area contributed by atoms with Crippen molar-refractivity contribution < 1.29 is 24.7 Å². The lowest BCUT2D eigenvalue weighted by Crippen LogP contribution is -2.34. The van der Waals surface area contributed by atoms with E-state index in [1.54, 1.807) is 0 Å². The molecule has 3 N–H and O–H groups in total. The number of anilines is 1. The van der Waals surface area contributed by atoms with Crippen LogP contribution in [-0.4, -0.2) is 45.0 Å². The summed E-state index contributed by atoms with van der Waals surface area (Å²) in [6, 6.07) is 2.13. The van der Waals surface area contributed by atoms with Gasteiger partial charge in [-0.25, -0.2) is 0 Å². The minimum absolute atomic E-state index is 0.0309. The summed E-state index contributed by atoms with van der Waals surface area (Å²) in [6.45, 7) is -0.576. The molecule has 0 radical (unpaired) electrons. The Morgan fingerprint density at radius 1 is 1.36 bits per heavy atom. The number of β-amino-alcohol motifs (C(OH)–C–C–N with tert-alkyl or cyclic N) is 1. The molecule has 2 amide bonds. The van der Waals surface area contributed by atoms with Crippen molar-refractivity contribution in [1.29, 1.82) is 0 Å². The Bertz CT molecular complexity index is 702. The van der Waals surface area contributed by atoms with E-state index < -0.39 is 34.8 Å². The van der Waals surface area contributed by atoms with Crippen LogP contribution in [0, 0.1) is 10.1 Å². The molecule has 9 nitrogen and oxygen atoms in total. The van der Waals surface area contributed by atoms with Gasteiger partial charge >= 0.3 is 5.69 Å². The normalized spacial score (nSPS) is 14.3. The van der Waals surface area contributed by atoms with Gasteiger partial charge in [-0.05, 0) is 6.07 Å². The van der Waals surface area contributed by atoms with Crippen LogP contribution in [0.2, 0.25) is 5.02 Å². The number of aliphatic hydroxyl groups excluding tert-OH is 1. The van der Waals surface area contributed by atoms with Gasteiger partial charge in [0, 0.05) is 17.2 Å². The van der Waals surface area contributed by atoms with E-state index in [0.29, 0.717) is 0 Å². The second-order valence-corrected chi connectivity index (χ2v) is 4.72. The predicted octanol–water partition coefficient (Wildman–Crippen LogP) is 0.611. The highest BCUT2D eigenvalue weighted by Gasteiger charge is 2.31. The maximum Gasteiger partial charge on any atom is 0.314 e. The number of hydrogen-bond donors (Lipinski definition) is 3. The van der Waals surface area contributed by atoms with Gasteiger partial charge in [0.1, 0.15) is 5.70 Å². The number of hydrogen-bond acceptors (Lipinski definition) is 7. The molecule has 2 rings (SSSR count). The van der Waals surface area contributed by atoms with Gasteiger partial charge in [0.15, 0.2) is 0 Å². The Morgan fingerprint density at radius 3 is 2.64 bits per heavy atom. The van der Waals surface area contributed by atoms with E-state index in [0.717, 1.165) is 17.0 Å². The fourth-order valence-electron chi connectivity index (χ4n) is 1.87. The SMILES string of the molecule is O=C1C=C(Nc2cc(Cl)cc([N+](=O)[O-])c2O)C(=O)N1CCO. The first-order chi connectivity index (χ1) is 10.3. The van der Waals surface area contributed by atoms with Gasteiger partial charge < -0.3 is 15.5 Å². The van der Waals surface area contributed by atoms with Gasteiger partial charge in [0.2, 0.25) is 5.75 Å². The molecule has 0 fully saturated rings. The lowest BCUT2D eigenvalue weighted by molar-refractivity contribution is -0.385. The Morgan fingerprint density at radius 2 is 2.05 bits per heavy atom. The lowest BCUT2D eigenvalue weighted by Gasteiger charge is -2.14. The molecule has 0 saturated carbocycles. The molecule has 1 aromatic carbocycles. The first kappa shape index (κ1) is 15.7. The van der Waals surface area contributed by atoms with E-state index in [2.05, 4.69) is 5.32 Å². The molecule has 1 aromatic rings. The summed E-state index contributed by atoms with van der Waals surface area (Å²) in [5.74, 6) is -2.07. The van der Waals surface area contributed by atoms with Crippen molar-refractivity contribution in [3.63, 3.8) is 0 Å². The number of imide groups is 1. The number of nitrogens with one attached hydrogen (secondary N) is 1. The molecule has 1 heterocycles. The quantitative estimate of drug-likeness (QED) is 0.312. The maximum atomic E-state index is 11.9. The molecule has 0 aliphatic carbocycles. The zero-order chi connectivity index (χ0) is 16.4. The number of rotatable bonds is 5. The zero-order valence-electron chi connectivity index (χ0n) is 10.9. The number of carbonyl (C=O) groups is 2. The Labute approximate surface area is 128 Å². The summed E-state index contributed by atoms with van der Waals surface area (Å²) < 4.78 is 0. The van der Waals surface area contributed by atoms with E-state index in [-0.39, 0.29) is 23.0 Å². The van der Waals surface area contributed by atoms with Gasteiger partial charge in [-0.2, -0.15) is 0 Å². The molecule has 0 unspecified atom stereocenters. The average molecular weight is 328 g/mol. The van der Waals surface area contributed by atoms with Crippen LogP contribution in [0.15, 0.2) is 23.9 Å². The summed E-state index contributed by atoms with van der Waals surface area (Å²) in [5.41, 5.74) is -1.01. The molecule has 22 heavy (non-hydrogen) atoms. The fraction of sp³-hybridized carbons (Fsp3) is 0.167. The molecule has 116 valence electrons. The van der Waals surface area contributed by atoms with Crippen molar-refractivity contribution in [2.45, 2.75) is 0 Å². The van der Waals surface area contributed by atoms with Crippen molar-refractivity contribution in [2.75, 3.05) is 18.5 Å². The minimum Gasteiger partial charge on any atom is -0.501 e. The minimum atomic E-state index is -0.833. The summed E-state index contributed by atoms with van der Waals surface area (Å²) in [5, 5.41) is 31.8. The summed E-state index contributed by atoms with van der Waals surface area (Å²) in [7, 11) is 0. The fourth-order valence-corrected chi connectivity index (χ4v) is 2.09. The second kappa shape index (κ2) is 6.00. The smallest absolute Gasteiger partial charge is 0.314 e. The van der Waals surface area contributed by atoms with Gasteiger partial charge in [0.25, 0.3) is 11.8 Å². The number of phenols is 1. The molecule has 0 atom stereocenters. The van der Waals surface area contributed by atoms with Gasteiger partial charge in [-0.15, -0.1) is 0 Å². The van der Waals surface area contributed by atoms with Crippen LogP contribution in [0.25, 0.3) is 0 Å². The Hall–Kier alpha value is -2.65. The van der Waals surface area contributed by atoms with Crippen molar-refractivity contribution in [2.24, 2.45) is 0 Å². The van der Waals surface area contributed by atoms with Crippen LogP contribution < -0.4 is 5.32 Å². The summed E-state index contributed by atoms with van der Waals surface area (Å²) in [4.78, 5) is 34.3. The second-order valence-electron chi connectivity index (χ2n) is 4.28. The molecular formula is C12H10ClN3O6. The molecule has 1 aliphatic heterocycles. The Balaban J connectivity index is 2.33. The van der Waals surface area contributed by atoms with E-state index in [4.69, 9.17) is 16.7 Å². The number of amides is 2. The van der Waals surface area contributed by atoms with Crippen molar-refractivity contribution in [3.05, 3.63) is 39.0 Å². The number of halogens is 1. The van der Waals surface area contributed by atoms with E-state index in [9.17, 15) is 24.8 Å². The first-order valence-corrected chi connectivity index (χ1v) is 6.35. The number of nitro groups is 1. The highest BCUT2D eigenvalue weighted by molar-refractivity contribution is 6.31.